The van der Waals surface area contributed by atoms with Gasteiger partial charge < -0.3 is 14.7 Å². The molecular formula is C13H14N2O5. The average molecular weight is 278 g/mol. The van der Waals surface area contributed by atoms with Crippen LogP contribution < -0.4 is 0 Å². The number of hydrogen-bond donors (Lipinski definition) is 1. The minimum atomic E-state index is -0.733. The quantitative estimate of drug-likeness (QED) is 0.675. The Morgan fingerprint density at radius 2 is 1.85 bits per heavy atom. The van der Waals surface area contributed by atoms with Crippen molar-refractivity contribution in [3.63, 3.8) is 0 Å². The zero-order chi connectivity index (χ0) is 14.7. The molecule has 0 aliphatic rings. The fourth-order valence-corrected chi connectivity index (χ4v) is 1.73. The van der Waals surface area contributed by atoms with Gasteiger partial charge in [-0.25, -0.2) is 14.6 Å². The summed E-state index contributed by atoms with van der Waals surface area (Å²) in [5, 5.41) is 9.92. The van der Waals surface area contributed by atoms with Gasteiger partial charge in [0.1, 0.15) is 5.52 Å². The average Bonchev–Trinajstić information content (AvgIpc) is 2.76. The fraction of sp³-hybridized carbons (Fsp3) is 0.308. The van der Waals surface area contributed by atoms with E-state index in [1.54, 1.807) is 13.8 Å². The van der Waals surface area contributed by atoms with Crippen LogP contribution in [0.3, 0.4) is 0 Å². The van der Waals surface area contributed by atoms with Crippen LogP contribution in [-0.2, 0) is 9.47 Å². The van der Waals surface area contributed by atoms with Gasteiger partial charge in [-0.2, -0.15) is 4.73 Å². The van der Waals surface area contributed by atoms with E-state index in [4.69, 9.17) is 9.47 Å². The SMILES string of the molecule is CCOC(=O)c1ccc2nc(C(=O)OCC)n(O)c2c1. The van der Waals surface area contributed by atoms with Crippen LogP contribution >= 0.6 is 0 Å². The molecule has 0 unspecified atom stereocenters. The third-order valence-corrected chi connectivity index (χ3v) is 2.60. The summed E-state index contributed by atoms with van der Waals surface area (Å²) in [6, 6.07) is 4.45. The highest BCUT2D eigenvalue weighted by Crippen LogP contribution is 2.18. The number of benzene rings is 1. The molecule has 7 nitrogen and oxygen atoms in total. The molecule has 2 rings (SSSR count). The summed E-state index contributed by atoms with van der Waals surface area (Å²) in [6.07, 6.45) is 0. The number of nitrogens with zero attached hydrogens (tertiary/aromatic N) is 2. The molecule has 0 atom stereocenters. The standard InChI is InChI=1S/C13H14N2O5/c1-3-19-12(16)8-5-6-9-10(7-8)15(18)11(14-9)13(17)20-4-2/h5-7,18H,3-4H2,1-2H3. The molecule has 1 aromatic heterocycles. The minimum Gasteiger partial charge on any atom is -0.462 e. The number of aromatic nitrogens is 2. The number of hydrogen-bond acceptors (Lipinski definition) is 6. The number of fused-ring (bicyclic) bond motifs is 1. The van der Waals surface area contributed by atoms with Gasteiger partial charge in [-0.1, -0.05) is 0 Å². The van der Waals surface area contributed by atoms with E-state index in [2.05, 4.69) is 4.98 Å². The number of esters is 2. The van der Waals surface area contributed by atoms with Gasteiger partial charge in [0.2, 0.25) is 0 Å². The van der Waals surface area contributed by atoms with Crippen molar-refractivity contribution in [3.8, 4) is 0 Å². The van der Waals surface area contributed by atoms with Crippen LogP contribution in [0.5, 0.6) is 0 Å². The van der Waals surface area contributed by atoms with E-state index < -0.39 is 11.9 Å². The summed E-state index contributed by atoms with van der Waals surface area (Å²) in [7, 11) is 0. The molecule has 0 spiro atoms. The van der Waals surface area contributed by atoms with Crippen molar-refractivity contribution >= 4 is 23.0 Å². The summed E-state index contributed by atoms with van der Waals surface area (Å²) in [4.78, 5) is 27.2. The number of imidazole rings is 1. The normalized spacial score (nSPS) is 10.5. The van der Waals surface area contributed by atoms with E-state index in [0.717, 1.165) is 0 Å². The number of rotatable bonds is 4. The highest BCUT2D eigenvalue weighted by atomic mass is 16.5. The Balaban J connectivity index is 2.45. The first-order valence-corrected chi connectivity index (χ1v) is 6.14. The molecule has 1 aromatic carbocycles. The first-order valence-electron chi connectivity index (χ1n) is 6.14. The summed E-state index contributed by atoms with van der Waals surface area (Å²) >= 11 is 0. The second kappa shape index (κ2) is 5.60. The van der Waals surface area contributed by atoms with Crippen LogP contribution in [0.15, 0.2) is 18.2 Å². The molecule has 0 fully saturated rings. The number of carbonyl (C=O) groups excluding carboxylic acids is 2. The summed E-state index contributed by atoms with van der Waals surface area (Å²) < 4.78 is 10.3. The van der Waals surface area contributed by atoms with Crippen molar-refractivity contribution < 1.29 is 24.3 Å². The molecule has 0 radical (unpaired) electrons. The molecule has 0 aliphatic carbocycles. The Morgan fingerprint density at radius 3 is 2.50 bits per heavy atom. The number of ether oxygens (including phenoxy) is 2. The van der Waals surface area contributed by atoms with E-state index >= 15 is 0 Å². The lowest BCUT2D eigenvalue weighted by molar-refractivity contribution is 0.0469. The Kier molecular flexibility index (Phi) is 3.88. The predicted molar refractivity (Wildman–Crippen MR) is 68.8 cm³/mol. The zero-order valence-corrected chi connectivity index (χ0v) is 11.1. The summed E-state index contributed by atoms with van der Waals surface area (Å²) in [5.74, 6) is -1.47. The number of carbonyl (C=O) groups is 2. The third-order valence-electron chi connectivity index (χ3n) is 2.60. The van der Waals surface area contributed by atoms with Crippen LogP contribution in [-0.4, -0.2) is 40.1 Å². The van der Waals surface area contributed by atoms with Gasteiger partial charge in [-0.15, -0.1) is 0 Å². The maximum atomic E-state index is 11.6. The molecule has 106 valence electrons. The molecule has 7 heteroatoms. The Hall–Kier alpha value is -2.57. The highest BCUT2D eigenvalue weighted by molar-refractivity contribution is 5.96. The second-order valence-electron chi connectivity index (χ2n) is 3.89. The molecule has 1 N–H and O–H groups in total. The van der Waals surface area contributed by atoms with Crippen molar-refractivity contribution in [2.24, 2.45) is 0 Å². The van der Waals surface area contributed by atoms with Crippen LogP contribution in [0.2, 0.25) is 0 Å². The van der Waals surface area contributed by atoms with Crippen molar-refractivity contribution in [3.05, 3.63) is 29.6 Å². The summed E-state index contributed by atoms with van der Waals surface area (Å²) in [5.41, 5.74) is 0.882. The van der Waals surface area contributed by atoms with E-state index in [0.29, 0.717) is 10.2 Å². The van der Waals surface area contributed by atoms with E-state index in [-0.39, 0.29) is 30.1 Å². The van der Waals surface area contributed by atoms with Gasteiger partial charge in [-0.05, 0) is 32.0 Å². The monoisotopic (exact) mass is 278 g/mol. The predicted octanol–water partition coefficient (Wildman–Crippen LogP) is 1.63. The largest absolute Gasteiger partial charge is 0.462 e. The minimum absolute atomic E-state index is 0.177. The first-order chi connectivity index (χ1) is 9.58. The van der Waals surface area contributed by atoms with Crippen LogP contribution in [0.4, 0.5) is 0 Å². The van der Waals surface area contributed by atoms with Crippen molar-refractivity contribution in [1.29, 1.82) is 0 Å². The van der Waals surface area contributed by atoms with Gasteiger partial charge in [0.05, 0.1) is 24.3 Å². The van der Waals surface area contributed by atoms with Gasteiger partial charge in [0, 0.05) is 0 Å². The molecule has 0 bridgehead atoms. The van der Waals surface area contributed by atoms with Crippen LogP contribution in [0.1, 0.15) is 34.8 Å². The lowest BCUT2D eigenvalue weighted by Gasteiger charge is -2.02. The van der Waals surface area contributed by atoms with E-state index in [1.807, 2.05) is 0 Å². The third kappa shape index (κ3) is 2.42. The van der Waals surface area contributed by atoms with Gasteiger partial charge in [-0.3, -0.25) is 0 Å². The Morgan fingerprint density at radius 1 is 1.20 bits per heavy atom. The Bertz CT molecular complexity index is 662. The molecular weight excluding hydrogens is 264 g/mol. The highest BCUT2D eigenvalue weighted by Gasteiger charge is 2.19. The zero-order valence-electron chi connectivity index (χ0n) is 11.1. The first kappa shape index (κ1) is 13.9. The van der Waals surface area contributed by atoms with Crippen molar-refractivity contribution in [2.75, 3.05) is 13.2 Å². The lowest BCUT2D eigenvalue weighted by Crippen LogP contribution is -2.11. The molecule has 0 aliphatic heterocycles. The van der Waals surface area contributed by atoms with E-state index in [1.165, 1.54) is 18.2 Å². The molecule has 0 saturated carbocycles. The molecule has 0 amide bonds. The maximum absolute atomic E-state index is 11.6. The Labute approximate surface area is 114 Å². The second-order valence-corrected chi connectivity index (χ2v) is 3.89. The van der Waals surface area contributed by atoms with Gasteiger partial charge in [0.25, 0.3) is 5.82 Å². The topological polar surface area (TPSA) is 90.6 Å². The van der Waals surface area contributed by atoms with Crippen molar-refractivity contribution in [2.45, 2.75) is 13.8 Å². The smallest absolute Gasteiger partial charge is 0.377 e. The van der Waals surface area contributed by atoms with Gasteiger partial charge >= 0.3 is 11.9 Å². The van der Waals surface area contributed by atoms with E-state index in [9.17, 15) is 14.8 Å². The molecule has 1 heterocycles. The fourth-order valence-electron chi connectivity index (χ4n) is 1.73. The van der Waals surface area contributed by atoms with Crippen LogP contribution in [0, 0.1) is 0 Å². The van der Waals surface area contributed by atoms with Crippen molar-refractivity contribution in [1.82, 2.24) is 9.71 Å². The lowest BCUT2D eigenvalue weighted by atomic mass is 10.2. The maximum Gasteiger partial charge on any atom is 0.377 e. The molecule has 20 heavy (non-hydrogen) atoms. The van der Waals surface area contributed by atoms with Crippen LogP contribution in [0.25, 0.3) is 11.0 Å². The molecule has 2 aromatic rings. The van der Waals surface area contributed by atoms with Gasteiger partial charge in [0.15, 0.2) is 0 Å². The summed E-state index contributed by atoms with van der Waals surface area (Å²) in [6.45, 7) is 3.78. The molecule has 0 saturated heterocycles.